The van der Waals surface area contributed by atoms with Crippen molar-refractivity contribution in [2.75, 3.05) is 4.90 Å². The predicted molar refractivity (Wildman–Crippen MR) is 97.2 cm³/mol. The van der Waals surface area contributed by atoms with Crippen molar-refractivity contribution in [1.82, 2.24) is 0 Å². The Bertz CT molecular complexity index is 1080. The number of non-ortho nitro benzene ring substituents is 1. The molecule has 0 saturated carbocycles. The molecular weight excluding hydrogens is 348 g/mol. The van der Waals surface area contributed by atoms with E-state index in [-0.39, 0.29) is 22.6 Å². The van der Waals surface area contributed by atoms with Crippen LogP contribution >= 0.6 is 0 Å². The van der Waals surface area contributed by atoms with Gasteiger partial charge >= 0.3 is 0 Å². The molecule has 0 N–H and O–H groups in total. The van der Waals surface area contributed by atoms with Gasteiger partial charge in [0, 0.05) is 6.07 Å². The molecule has 2 amide bonds. The molecule has 0 saturated heterocycles. The third-order valence-corrected chi connectivity index (χ3v) is 4.14. The largest absolute Gasteiger partial charge is 0.457 e. The van der Waals surface area contributed by atoms with Crippen LogP contribution in [0.2, 0.25) is 0 Å². The van der Waals surface area contributed by atoms with Crippen LogP contribution < -0.4 is 9.64 Å². The smallest absolute Gasteiger partial charge is 0.273 e. The first-order valence-electron chi connectivity index (χ1n) is 8.05. The van der Waals surface area contributed by atoms with Crippen LogP contribution in [0.15, 0.2) is 72.8 Å². The van der Waals surface area contributed by atoms with E-state index in [2.05, 4.69) is 0 Å². The average Bonchev–Trinajstić information content (AvgIpc) is 2.93. The van der Waals surface area contributed by atoms with E-state index in [1.54, 1.807) is 42.5 Å². The monoisotopic (exact) mass is 360 g/mol. The van der Waals surface area contributed by atoms with Gasteiger partial charge in [0.15, 0.2) is 0 Å². The van der Waals surface area contributed by atoms with E-state index >= 15 is 0 Å². The van der Waals surface area contributed by atoms with Gasteiger partial charge in [-0.15, -0.1) is 0 Å². The number of imide groups is 1. The summed E-state index contributed by atoms with van der Waals surface area (Å²) < 4.78 is 5.63. The Hall–Kier alpha value is -4.00. The van der Waals surface area contributed by atoms with Crippen LogP contribution in [0.4, 0.5) is 11.4 Å². The summed E-state index contributed by atoms with van der Waals surface area (Å²) in [5.41, 5.74) is 0.905. The van der Waals surface area contributed by atoms with E-state index in [1.165, 1.54) is 30.3 Å². The SMILES string of the molecule is O=C1c2ccc(Oc3cccc([N+](=O)[O-])c3)cc2C(=O)N1c1ccccc1. The second-order valence-electron chi connectivity index (χ2n) is 5.85. The van der Waals surface area contributed by atoms with Gasteiger partial charge < -0.3 is 4.74 Å². The van der Waals surface area contributed by atoms with Crippen LogP contribution in [0.1, 0.15) is 20.7 Å². The van der Waals surface area contributed by atoms with Gasteiger partial charge in [-0.05, 0) is 36.4 Å². The molecule has 0 unspecified atom stereocenters. The molecule has 27 heavy (non-hydrogen) atoms. The maximum Gasteiger partial charge on any atom is 0.273 e. The fraction of sp³-hybridized carbons (Fsp3) is 0. The first-order valence-corrected chi connectivity index (χ1v) is 8.05. The summed E-state index contributed by atoms with van der Waals surface area (Å²) in [5, 5.41) is 10.9. The Morgan fingerprint density at radius 2 is 1.48 bits per heavy atom. The van der Waals surface area contributed by atoms with Gasteiger partial charge in [-0.3, -0.25) is 19.7 Å². The molecular formula is C20H12N2O5. The lowest BCUT2D eigenvalue weighted by Gasteiger charge is -2.13. The van der Waals surface area contributed by atoms with Crippen LogP contribution in [0.3, 0.4) is 0 Å². The Labute approximate surface area is 153 Å². The average molecular weight is 360 g/mol. The quantitative estimate of drug-likeness (QED) is 0.395. The number of carbonyl (C=O) groups excluding carboxylic acids is 2. The summed E-state index contributed by atoms with van der Waals surface area (Å²) >= 11 is 0. The topological polar surface area (TPSA) is 89.7 Å². The first kappa shape index (κ1) is 16.5. The van der Waals surface area contributed by atoms with Crippen LogP contribution in [0.5, 0.6) is 11.5 Å². The Kier molecular flexibility index (Phi) is 3.89. The number of anilines is 1. The predicted octanol–water partition coefficient (Wildman–Crippen LogP) is 4.19. The zero-order chi connectivity index (χ0) is 19.0. The fourth-order valence-corrected chi connectivity index (χ4v) is 2.89. The summed E-state index contributed by atoms with van der Waals surface area (Å²) in [6, 6.07) is 18.9. The van der Waals surface area contributed by atoms with Crippen LogP contribution in [0, 0.1) is 10.1 Å². The number of rotatable bonds is 4. The minimum Gasteiger partial charge on any atom is -0.457 e. The third kappa shape index (κ3) is 2.91. The van der Waals surface area contributed by atoms with E-state index in [0.29, 0.717) is 11.4 Å². The number of nitro groups is 1. The molecule has 0 fully saturated rings. The molecule has 3 aromatic carbocycles. The molecule has 0 atom stereocenters. The highest BCUT2D eigenvalue weighted by atomic mass is 16.6. The van der Waals surface area contributed by atoms with E-state index in [9.17, 15) is 19.7 Å². The molecule has 7 heteroatoms. The van der Waals surface area contributed by atoms with Gasteiger partial charge in [-0.25, -0.2) is 4.90 Å². The Morgan fingerprint density at radius 1 is 0.778 bits per heavy atom. The highest BCUT2D eigenvalue weighted by Gasteiger charge is 2.36. The molecule has 0 bridgehead atoms. The van der Waals surface area contributed by atoms with Gasteiger partial charge in [-0.1, -0.05) is 24.3 Å². The molecule has 1 aliphatic rings. The van der Waals surface area contributed by atoms with E-state index in [1.807, 2.05) is 0 Å². The van der Waals surface area contributed by atoms with Crippen molar-refractivity contribution in [2.45, 2.75) is 0 Å². The maximum absolute atomic E-state index is 12.7. The first-order chi connectivity index (χ1) is 13.0. The van der Waals surface area contributed by atoms with Gasteiger partial charge in [0.2, 0.25) is 0 Å². The minimum atomic E-state index is -0.518. The van der Waals surface area contributed by atoms with Gasteiger partial charge in [-0.2, -0.15) is 0 Å². The highest BCUT2D eigenvalue weighted by Crippen LogP contribution is 2.32. The molecule has 1 heterocycles. The standard InChI is InChI=1S/C20H12N2O5/c23-19-17-10-9-16(27-15-8-4-7-14(11-15)22(25)26)12-18(17)20(24)21(19)13-5-2-1-3-6-13/h1-12H. The number of carbonyl (C=O) groups is 2. The molecule has 7 nitrogen and oxygen atoms in total. The molecule has 4 rings (SSSR count). The van der Waals surface area contributed by atoms with Crippen molar-refractivity contribution in [3.8, 4) is 11.5 Å². The number of para-hydroxylation sites is 1. The number of nitrogens with zero attached hydrogens (tertiary/aromatic N) is 2. The summed E-state index contributed by atoms with van der Waals surface area (Å²) in [5.74, 6) is -0.264. The number of fused-ring (bicyclic) bond motifs is 1. The van der Waals surface area contributed by atoms with E-state index < -0.39 is 16.7 Å². The van der Waals surface area contributed by atoms with Gasteiger partial charge in [0.05, 0.1) is 27.8 Å². The van der Waals surface area contributed by atoms with Crippen LogP contribution in [-0.2, 0) is 0 Å². The highest BCUT2D eigenvalue weighted by molar-refractivity contribution is 6.34. The molecule has 0 spiro atoms. The van der Waals surface area contributed by atoms with Gasteiger partial charge in [0.1, 0.15) is 11.5 Å². The lowest BCUT2D eigenvalue weighted by atomic mass is 10.1. The van der Waals surface area contributed by atoms with Crippen molar-refractivity contribution in [1.29, 1.82) is 0 Å². The molecule has 132 valence electrons. The zero-order valence-corrected chi connectivity index (χ0v) is 13.9. The second-order valence-corrected chi connectivity index (χ2v) is 5.85. The zero-order valence-electron chi connectivity index (χ0n) is 13.9. The van der Waals surface area contributed by atoms with Crippen LogP contribution in [-0.4, -0.2) is 16.7 Å². The number of hydrogen-bond acceptors (Lipinski definition) is 5. The Balaban J connectivity index is 1.65. The number of benzene rings is 3. The Morgan fingerprint density at radius 3 is 2.22 bits per heavy atom. The number of ether oxygens (including phenoxy) is 1. The van der Waals surface area contributed by atoms with Gasteiger partial charge in [0.25, 0.3) is 17.5 Å². The molecule has 1 aliphatic heterocycles. The molecule has 0 aliphatic carbocycles. The molecule has 0 aromatic heterocycles. The number of nitro benzene ring substituents is 1. The second kappa shape index (κ2) is 6.38. The molecule has 3 aromatic rings. The van der Waals surface area contributed by atoms with E-state index in [0.717, 1.165) is 4.90 Å². The lowest BCUT2D eigenvalue weighted by molar-refractivity contribution is -0.384. The van der Waals surface area contributed by atoms with E-state index in [4.69, 9.17) is 4.74 Å². The molecule has 0 radical (unpaired) electrons. The van der Waals surface area contributed by atoms with Crippen molar-refractivity contribution in [3.05, 3.63) is 94.0 Å². The number of amides is 2. The van der Waals surface area contributed by atoms with Crippen molar-refractivity contribution in [2.24, 2.45) is 0 Å². The third-order valence-electron chi connectivity index (χ3n) is 4.14. The fourth-order valence-electron chi connectivity index (χ4n) is 2.89. The summed E-state index contributed by atoms with van der Waals surface area (Å²) in [4.78, 5) is 36.8. The minimum absolute atomic E-state index is 0.102. The normalized spacial score (nSPS) is 12.8. The van der Waals surface area contributed by atoms with Crippen LogP contribution in [0.25, 0.3) is 0 Å². The lowest BCUT2D eigenvalue weighted by Crippen LogP contribution is -2.29. The summed E-state index contributed by atoms with van der Waals surface area (Å²) in [6.07, 6.45) is 0. The maximum atomic E-state index is 12.7. The van der Waals surface area contributed by atoms with Crippen molar-refractivity contribution < 1.29 is 19.2 Å². The summed E-state index contributed by atoms with van der Waals surface area (Å²) in [7, 11) is 0. The van der Waals surface area contributed by atoms with Crippen molar-refractivity contribution in [3.63, 3.8) is 0 Å². The number of hydrogen-bond donors (Lipinski definition) is 0. The van der Waals surface area contributed by atoms with Crippen molar-refractivity contribution >= 4 is 23.2 Å². The summed E-state index contributed by atoms with van der Waals surface area (Å²) in [6.45, 7) is 0.